The lowest BCUT2D eigenvalue weighted by Gasteiger charge is -2.43. The minimum Gasteiger partial charge on any atom is -0.465 e. The van der Waals surface area contributed by atoms with Crippen molar-refractivity contribution in [1.82, 2.24) is 4.90 Å². The van der Waals surface area contributed by atoms with Crippen LogP contribution in [0.15, 0.2) is 0 Å². The molecule has 0 aromatic heterocycles. The molecule has 112 valence electrons. The standard InChI is InChI=1S/C13H27NO4Si/c1-13(2,3)19(4,5)18-11-7-6-10(9-15)14(8-11)12(16)17/h10-11,15H,6-9H2,1-5H3,(H,16,17)/t10-,11-/m1/s1. The van der Waals surface area contributed by atoms with Gasteiger partial charge in [0.2, 0.25) is 0 Å². The lowest BCUT2D eigenvalue weighted by atomic mass is 10.0. The van der Waals surface area contributed by atoms with E-state index in [0.717, 1.165) is 6.42 Å². The number of rotatable bonds is 3. The molecule has 6 heteroatoms. The van der Waals surface area contributed by atoms with Crippen LogP contribution in [0.2, 0.25) is 18.1 Å². The number of hydrogen-bond donors (Lipinski definition) is 2. The van der Waals surface area contributed by atoms with Crippen molar-refractivity contribution in [2.75, 3.05) is 13.2 Å². The van der Waals surface area contributed by atoms with E-state index in [9.17, 15) is 15.0 Å². The summed E-state index contributed by atoms with van der Waals surface area (Å²) in [6.45, 7) is 11.1. The summed E-state index contributed by atoms with van der Waals surface area (Å²) in [5.41, 5.74) is 0. The molecule has 0 aromatic rings. The second kappa shape index (κ2) is 5.81. The lowest BCUT2D eigenvalue weighted by molar-refractivity contribution is 0.0239. The van der Waals surface area contributed by atoms with Gasteiger partial charge >= 0.3 is 6.09 Å². The van der Waals surface area contributed by atoms with Crippen LogP contribution in [0.1, 0.15) is 33.6 Å². The summed E-state index contributed by atoms with van der Waals surface area (Å²) in [5.74, 6) is 0. The van der Waals surface area contributed by atoms with Gasteiger partial charge in [-0.15, -0.1) is 0 Å². The molecule has 0 radical (unpaired) electrons. The first kappa shape index (κ1) is 16.5. The van der Waals surface area contributed by atoms with Gasteiger partial charge in [-0.1, -0.05) is 20.8 Å². The summed E-state index contributed by atoms with van der Waals surface area (Å²) in [6.07, 6.45) is 0.478. The molecule has 1 saturated heterocycles. The van der Waals surface area contributed by atoms with Gasteiger partial charge in [0.25, 0.3) is 0 Å². The van der Waals surface area contributed by atoms with Crippen molar-refractivity contribution in [3.05, 3.63) is 0 Å². The van der Waals surface area contributed by atoms with Crippen LogP contribution < -0.4 is 0 Å². The number of piperidine rings is 1. The first-order chi connectivity index (χ1) is 8.58. The van der Waals surface area contributed by atoms with Crippen molar-refractivity contribution in [2.45, 2.75) is 63.9 Å². The molecule has 19 heavy (non-hydrogen) atoms. The molecule has 1 fully saturated rings. The Balaban J connectivity index is 2.70. The highest BCUT2D eigenvalue weighted by atomic mass is 28.4. The minimum absolute atomic E-state index is 0.0419. The van der Waals surface area contributed by atoms with Crippen LogP contribution in [-0.2, 0) is 4.43 Å². The number of carbonyl (C=O) groups is 1. The van der Waals surface area contributed by atoms with Gasteiger partial charge in [-0.05, 0) is 31.0 Å². The molecule has 0 spiro atoms. The average molecular weight is 289 g/mol. The molecule has 1 amide bonds. The first-order valence-corrected chi connectivity index (χ1v) is 9.77. The van der Waals surface area contributed by atoms with Crippen molar-refractivity contribution in [2.24, 2.45) is 0 Å². The highest BCUT2D eigenvalue weighted by Crippen LogP contribution is 2.38. The van der Waals surface area contributed by atoms with E-state index in [1.165, 1.54) is 4.90 Å². The molecule has 1 heterocycles. The summed E-state index contributed by atoms with van der Waals surface area (Å²) in [7, 11) is -1.87. The molecule has 0 unspecified atom stereocenters. The number of carboxylic acid groups (broad SMARTS) is 1. The SMILES string of the molecule is CC(C)(C)[Si](C)(C)O[C@@H]1CC[C@H](CO)N(C(=O)O)C1. The maximum atomic E-state index is 11.2. The Hall–Kier alpha value is -0.593. The van der Waals surface area contributed by atoms with Crippen molar-refractivity contribution >= 4 is 14.4 Å². The second-order valence-corrected chi connectivity index (χ2v) is 11.6. The molecule has 1 aliphatic heterocycles. The van der Waals surface area contributed by atoms with Gasteiger partial charge in [-0.2, -0.15) is 0 Å². The zero-order valence-corrected chi connectivity index (χ0v) is 13.6. The molecule has 2 N–H and O–H groups in total. The highest BCUT2D eigenvalue weighted by Gasteiger charge is 2.41. The van der Waals surface area contributed by atoms with Crippen LogP contribution in [0.5, 0.6) is 0 Å². The summed E-state index contributed by atoms with van der Waals surface area (Å²) < 4.78 is 6.27. The third-order valence-corrected chi connectivity index (χ3v) is 8.92. The van der Waals surface area contributed by atoms with Crippen molar-refractivity contribution in [3.63, 3.8) is 0 Å². The van der Waals surface area contributed by atoms with E-state index in [1.54, 1.807) is 0 Å². The molecule has 0 aliphatic carbocycles. The predicted octanol–water partition coefficient (Wildman–Crippen LogP) is 2.51. The monoisotopic (exact) mass is 289 g/mol. The first-order valence-electron chi connectivity index (χ1n) is 6.86. The fraction of sp³-hybridized carbons (Fsp3) is 0.923. The summed E-state index contributed by atoms with van der Waals surface area (Å²) in [4.78, 5) is 12.5. The fourth-order valence-corrected chi connectivity index (χ4v) is 3.49. The van der Waals surface area contributed by atoms with Crippen molar-refractivity contribution in [3.8, 4) is 0 Å². The molecule has 1 aliphatic rings. The van der Waals surface area contributed by atoms with Crippen molar-refractivity contribution < 1.29 is 19.4 Å². The molecular formula is C13H27NO4Si. The minimum atomic E-state index is -1.87. The number of aliphatic hydroxyl groups is 1. The van der Waals surface area contributed by atoms with Gasteiger partial charge in [-0.25, -0.2) is 4.79 Å². The van der Waals surface area contributed by atoms with Gasteiger partial charge in [0.15, 0.2) is 8.32 Å². The highest BCUT2D eigenvalue weighted by molar-refractivity contribution is 6.74. The summed E-state index contributed by atoms with van der Waals surface area (Å²) in [5, 5.41) is 18.5. The van der Waals surface area contributed by atoms with Crippen LogP contribution in [-0.4, -0.2) is 54.8 Å². The van der Waals surface area contributed by atoms with Crippen LogP contribution in [0.3, 0.4) is 0 Å². The predicted molar refractivity (Wildman–Crippen MR) is 76.9 cm³/mol. The smallest absolute Gasteiger partial charge is 0.407 e. The van der Waals surface area contributed by atoms with E-state index < -0.39 is 14.4 Å². The Kier molecular flexibility index (Phi) is 5.03. The van der Waals surface area contributed by atoms with Crippen LogP contribution in [0.4, 0.5) is 4.79 Å². The molecule has 0 bridgehead atoms. The Morgan fingerprint density at radius 1 is 1.37 bits per heavy atom. The zero-order valence-electron chi connectivity index (χ0n) is 12.6. The van der Waals surface area contributed by atoms with Crippen LogP contribution >= 0.6 is 0 Å². The Morgan fingerprint density at radius 2 is 1.95 bits per heavy atom. The van der Waals surface area contributed by atoms with Crippen LogP contribution in [0.25, 0.3) is 0 Å². The third-order valence-electron chi connectivity index (χ3n) is 4.39. The van der Waals surface area contributed by atoms with E-state index in [1.807, 2.05) is 0 Å². The van der Waals surface area contributed by atoms with E-state index in [0.29, 0.717) is 13.0 Å². The largest absolute Gasteiger partial charge is 0.465 e. The zero-order chi connectivity index (χ0) is 14.8. The quantitative estimate of drug-likeness (QED) is 0.783. The van der Waals surface area contributed by atoms with E-state index in [4.69, 9.17) is 4.43 Å². The van der Waals surface area contributed by atoms with Gasteiger partial charge in [0, 0.05) is 6.54 Å². The number of aliphatic hydroxyl groups excluding tert-OH is 1. The lowest BCUT2D eigenvalue weighted by Crippen LogP contribution is -2.54. The molecule has 0 saturated carbocycles. The molecule has 2 atom stereocenters. The molecule has 0 aromatic carbocycles. The molecule has 5 nitrogen and oxygen atoms in total. The maximum Gasteiger partial charge on any atom is 0.407 e. The fourth-order valence-electron chi connectivity index (χ4n) is 2.11. The Bertz CT molecular complexity index is 327. The third kappa shape index (κ3) is 3.93. The van der Waals surface area contributed by atoms with Crippen molar-refractivity contribution in [1.29, 1.82) is 0 Å². The van der Waals surface area contributed by atoms with Gasteiger partial charge < -0.3 is 19.5 Å². The topological polar surface area (TPSA) is 70.0 Å². The maximum absolute atomic E-state index is 11.2. The Morgan fingerprint density at radius 3 is 2.37 bits per heavy atom. The van der Waals surface area contributed by atoms with E-state index in [2.05, 4.69) is 33.9 Å². The van der Waals surface area contributed by atoms with Gasteiger partial charge in [0.1, 0.15) is 0 Å². The van der Waals surface area contributed by atoms with Gasteiger partial charge in [-0.3, -0.25) is 0 Å². The molecule has 1 rings (SSSR count). The summed E-state index contributed by atoms with van der Waals surface area (Å²) in [6, 6.07) is -0.281. The van der Waals surface area contributed by atoms with Crippen LogP contribution in [0, 0.1) is 0 Å². The second-order valence-electron chi connectivity index (χ2n) is 6.85. The number of likely N-dealkylation sites (tertiary alicyclic amines) is 1. The average Bonchev–Trinajstić information content (AvgIpc) is 2.26. The number of hydrogen-bond acceptors (Lipinski definition) is 3. The number of amides is 1. The summed E-state index contributed by atoms with van der Waals surface area (Å²) >= 11 is 0. The van der Waals surface area contributed by atoms with Gasteiger partial charge in [0.05, 0.1) is 18.8 Å². The van der Waals surface area contributed by atoms with E-state index in [-0.39, 0.29) is 23.8 Å². The number of nitrogens with zero attached hydrogens (tertiary/aromatic N) is 1. The normalized spacial score (nSPS) is 25.5. The Labute approximate surface area is 116 Å². The van der Waals surface area contributed by atoms with E-state index >= 15 is 0 Å². The molecular weight excluding hydrogens is 262 g/mol.